The first-order chi connectivity index (χ1) is 10.0. The van der Waals surface area contributed by atoms with Crippen LogP contribution in [0.2, 0.25) is 0 Å². The number of piperazine rings is 1. The first-order valence-corrected chi connectivity index (χ1v) is 8.56. The van der Waals surface area contributed by atoms with Crippen LogP contribution in [-0.4, -0.2) is 39.9 Å². The normalized spacial score (nSPS) is 23.9. The van der Waals surface area contributed by atoms with E-state index < -0.39 is 0 Å². The van der Waals surface area contributed by atoms with E-state index in [1.165, 1.54) is 17.8 Å². The Kier molecular flexibility index (Phi) is 5.82. The highest BCUT2D eigenvalue weighted by atomic mass is 15.3. The molecule has 0 aromatic carbocycles. The van der Waals surface area contributed by atoms with E-state index in [1.807, 2.05) is 0 Å². The molecule has 120 valence electrons. The third-order valence-electron chi connectivity index (χ3n) is 4.48. The van der Waals surface area contributed by atoms with E-state index in [4.69, 9.17) is 0 Å². The largest absolute Gasteiger partial charge is 0.311 e. The Morgan fingerprint density at radius 1 is 1.38 bits per heavy atom. The number of hydrogen-bond donors (Lipinski definition) is 1. The molecule has 1 fully saturated rings. The Bertz CT molecular complexity index is 438. The highest BCUT2D eigenvalue weighted by Crippen LogP contribution is 2.17. The zero-order chi connectivity index (χ0) is 15.4. The van der Waals surface area contributed by atoms with Crippen molar-refractivity contribution in [2.75, 3.05) is 13.1 Å². The highest BCUT2D eigenvalue weighted by Gasteiger charge is 2.26. The molecule has 21 heavy (non-hydrogen) atoms. The third kappa shape index (κ3) is 4.30. The van der Waals surface area contributed by atoms with Crippen molar-refractivity contribution < 1.29 is 0 Å². The summed E-state index contributed by atoms with van der Waals surface area (Å²) in [5.41, 5.74) is 2.58. The van der Waals surface area contributed by atoms with E-state index in [1.54, 1.807) is 0 Å². The lowest BCUT2D eigenvalue weighted by Crippen LogP contribution is -2.55. The Morgan fingerprint density at radius 2 is 2.14 bits per heavy atom. The van der Waals surface area contributed by atoms with Gasteiger partial charge in [0.05, 0.1) is 11.4 Å². The Labute approximate surface area is 129 Å². The van der Waals surface area contributed by atoms with E-state index in [-0.39, 0.29) is 0 Å². The second kappa shape index (κ2) is 7.41. The molecule has 2 rings (SSSR count). The van der Waals surface area contributed by atoms with Gasteiger partial charge in [-0.25, -0.2) is 0 Å². The van der Waals surface area contributed by atoms with Crippen molar-refractivity contribution in [3.8, 4) is 0 Å². The van der Waals surface area contributed by atoms with Crippen LogP contribution in [0.4, 0.5) is 0 Å². The topological polar surface area (TPSA) is 33.1 Å². The molecule has 1 aromatic heterocycles. The van der Waals surface area contributed by atoms with Crippen LogP contribution < -0.4 is 5.32 Å². The molecule has 4 heteroatoms. The van der Waals surface area contributed by atoms with Crippen LogP contribution in [-0.2, 0) is 19.5 Å². The van der Waals surface area contributed by atoms with Gasteiger partial charge in [-0.05, 0) is 38.7 Å². The summed E-state index contributed by atoms with van der Waals surface area (Å²) in [6.07, 6.45) is 2.28. The lowest BCUT2D eigenvalue weighted by molar-refractivity contribution is 0.121. The molecular formula is C17H32N4. The van der Waals surface area contributed by atoms with Gasteiger partial charge in [0, 0.05) is 38.3 Å². The third-order valence-corrected chi connectivity index (χ3v) is 4.48. The SMILES string of the molecule is CCc1cc(CN2CC(CC(C)C)NCC2C)n(CC)n1. The van der Waals surface area contributed by atoms with Crippen molar-refractivity contribution in [3.63, 3.8) is 0 Å². The molecule has 0 bridgehead atoms. The fourth-order valence-corrected chi connectivity index (χ4v) is 3.24. The second-order valence-electron chi connectivity index (χ2n) is 6.81. The van der Waals surface area contributed by atoms with Gasteiger partial charge in [0.25, 0.3) is 0 Å². The maximum Gasteiger partial charge on any atom is 0.0625 e. The van der Waals surface area contributed by atoms with Crippen molar-refractivity contribution >= 4 is 0 Å². The Morgan fingerprint density at radius 3 is 2.76 bits per heavy atom. The molecule has 1 N–H and O–H groups in total. The number of hydrogen-bond acceptors (Lipinski definition) is 3. The van der Waals surface area contributed by atoms with Crippen molar-refractivity contribution in [2.45, 2.75) is 72.6 Å². The number of aryl methyl sites for hydroxylation is 2. The molecule has 1 aromatic rings. The Hall–Kier alpha value is -0.870. The van der Waals surface area contributed by atoms with Gasteiger partial charge in [-0.15, -0.1) is 0 Å². The predicted octanol–water partition coefficient (Wildman–Crippen LogP) is 2.67. The van der Waals surface area contributed by atoms with Crippen LogP contribution in [0.5, 0.6) is 0 Å². The molecule has 0 aliphatic carbocycles. The van der Waals surface area contributed by atoms with Crippen molar-refractivity contribution in [3.05, 3.63) is 17.5 Å². The number of nitrogens with one attached hydrogen (secondary N) is 1. The lowest BCUT2D eigenvalue weighted by atomic mass is 10.00. The minimum atomic E-state index is 0.596. The molecule has 0 amide bonds. The molecule has 0 spiro atoms. The number of aromatic nitrogens is 2. The zero-order valence-electron chi connectivity index (χ0n) is 14.4. The minimum Gasteiger partial charge on any atom is -0.311 e. The van der Waals surface area contributed by atoms with Crippen LogP contribution in [0.1, 0.15) is 52.4 Å². The average Bonchev–Trinajstić information content (AvgIpc) is 2.84. The fourth-order valence-electron chi connectivity index (χ4n) is 3.24. The van der Waals surface area contributed by atoms with Gasteiger partial charge in [-0.3, -0.25) is 9.58 Å². The molecular weight excluding hydrogens is 260 g/mol. The Balaban J connectivity index is 2.04. The van der Waals surface area contributed by atoms with E-state index in [0.29, 0.717) is 12.1 Å². The molecule has 0 saturated carbocycles. The van der Waals surface area contributed by atoms with Crippen molar-refractivity contribution in [2.24, 2.45) is 5.92 Å². The quantitative estimate of drug-likeness (QED) is 0.875. The first-order valence-electron chi connectivity index (χ1n) is 8.56. The maximum atomic E-state index is 4.68. The van der Waals surface area contributed by atoms with Gasteiger partial charge >= 0.3 is 0 Å². The summed E-state index contributed by atoms with van der Waals surface area (Å²) in [6.45, 7) is 15.5. The minimum absolute atomic E-state index is 0.596. The van der Waals surface area contributed by atoms with E-state index in [0.717, 1.165) is 38.5 Å². The maximum absolute atomic E-state index is 4.68. The van der Waals surface area contributed by atoms with E-state index in [9.17, 15) is 0 Å². The van der Waals surface area contributed by atoms with Crippen LogP contribution in [0, 0.1) is 5.92 Å². The van der Waals surface area contributed by atoms with E-state index in [2.05, 4.69) is 60.7 Å². The van der Waals surface area contributed by atoms with Gasteiger partial charge in [0.1, 0.15) is 0 Å². The fraction of sp³-hybridized carbons (Fsp3) is 0.824. The summed E-state index contributed by atoms with van der Waals surface area (Å²) in [6, 6.07) is 3.51. The van der Waals surface area contributed by atoms with Crippen LogP contribution in [0.25, 0.3) is 0 Å². The molecule has 1 aliphatic heterocycles. The summed E-state index contributed by atoms with van der Waals surface area (Å²) in [7, 11) is 0. The molecule has 0 radical (unpaired) electrons. The molecule has 1 saturated heterocycles. The molecule has 2 unspecified atom stereocenters. The van der Waals surface area contributed by atoms with E-state index >= 15 is 0 Å². The highest BCUT2D eigenvalue weighted by molar-refractivity contribution is 5.11. The zero-order valence-corrected chi connectivity index (χ0v) is 14.4. The number of rotatable bonds is 6. The summed E-state index contributed by atoms with van der Waals surface area (Å²) < 4.78 is 2.17. The van der Waals surface area contributed by atoms with Crippen LogP contribution in [0.3, 0.4) is 0 Å². The standard InChI is InChI=1S/C17H32N4/c1-6-15-9-17(21(7-2)19-15)12-20-11-16(8-13(3)4)18-10-14(20)5/h9,13-14,16,18H,6-8,10-12H2,1-5H3. The van der Waals surface area contributed by atoms with Gasteiger partial charge in [0.2, 0.25) is 0 Å². The molecule has 2 heterocycles. The smallest absolute Gasteiger partial charge is 0.0625 e. The first kappa shape index (κ1) is 16.5. The van der Waals surface area contributed by atoms with Gasteiger partial charge in [0.15, 0.2) is 0 Å². The number of nitrogens with zero attached hydrogens (tertiary/aromatic N) is 3. The van der Waals surface area contributed by atoms with Crippen LogP contribution in [0.15, 0.2) is 6.07 Å². The summed E-state index contributed by atoms with van der Waals surface area (Å²) in [5.74, 6) is 0.755. The van der Waals surface area contributed by atoms with Crippen molar-refractivity contribution in [1.29, 1.82) is 0 Å². The predicted molar refractivity (Wildman–Crippen MR) is 88.4 cm³/mol. The molecule has 2 atom stereocenters. The summed E-state index contributed by atoms with van der Waals surface area (Å²) >= 11 is 0. The van der Waals surface area contributed by atoms with Gasteiger partial charge in [-0.1, -0.05) is 20.8 Å². The summed E-state index contributed by atoms with van der Waals surface area (Å²) in [5, 5.41) is 8.38. The molecule has 1 aliphatic rings. The average molecular weight is 292 g/mol. The van der Waals surface area contributed by atoms with Gasteiger partial charge < -0.3 is 5.32 Å². The van der Waals surface area contributed by atoms with Gasteiger partial charge in [-0.2, -0.15) is 5.10 Å². The lowest BCUT2D eigenvalue weighted by Gasteiger charge is -2.39. The second-order valence-corrected chi connectivity index (χ2v) is 6.81. The summed E-state index contributed by atoms with van der Waals surface area (Å²) in [4.78, 5) is 2.62. The van der Waals surface area contributed by atoms with Crippen molar-refractivity contribution in [1.82, 2.24) is 20.0 Å². The monoisotopic (exact) mass is 292 g/mol. The van der Waals surface area contributed by atoms with Crippen LogP contribution >= 0.6 is 0 Å². The molecule has 4 nitrogen and oxygen atoms in total.